The van der Waals surface area contributed by atoms with Gasteiger partial charge < -0.3 is 4.42 Å². The highest BCUT2D eigenvalue weighted by Gasteiger charge is 2.15. The van der Waals surface area contributed by atoms with E-state index in [9.17, 15) is 0 Å². The fraction of sp³-hybridized carbons (Fsp3) is 0.375. The van der Waals surface area contributed by atoms with Gasteiger partial charge >= 0.3 is 0 Å². The van der Waals surface area contributed by atoms with Crippen LogP contribution in [0.5, 0.6) is 0 Å². The molecule has 0 radical (unpaired) electrons. The zero-order chi connectivity index (χ0) is 13.1. The van der Waals surface area contributed by atoms with Crippen molar-refractivity contribution in [2.24, 2.45) is 0 Å². The summed E-state index contributed by atoms with van der Waals surface area (Å²) < 4.78 is 5.60. The average molecular weight is 263 g/mol. The Kier molecular flexibility index (Phi) is 4.13. The fourth-order valence-corrected chi connectivity index (χ4v) is 2.48. The Morgan fingerprint density at radius 2 is 1.78 bits per heavy atom. The molecule has 0 amide bonds. The van der Waals surface area contributed by atoms with Gasteiger partial charge in [-0.15, -0.1) is 11.6 Å². The van der Waals surface area contributed by atoms with Crippen molar-refractivity contribution in [2.75, 3.05) is 0 Å². The summed E-state index contributed by atoms with van der Waals surface area (Å²) >= 11 is 6.48. The third-order valence-electron chi connectivity index (χ3n) is 3.30. The summed E-state index contributed by atoms with van der Waals surface area (Å²) in [7, 11) is 0. The van der Waals surface area contributed by atoms with Crippen molar-refractivity contribution >= 4 is 11.6 Å². The van der Waals surface area contributed by atoms with Crippen molar-refractivity contribution in [2.45, 2.75) is 39.0 Å². The molecule has 1 atom stereocenters. The summed E-state index contributed by atoms with van der Waals surface area (Å²) in [5.74, 6) is 1.72. The minimum absolute atomic E-state index is 0.199. The molecule has 1 heterocycles. The van der Waals surface area contributed by atoms with E-state index in [-0.39, 0.29) is 5.38 Å². The summed E-state index contributed by atoms with van der Waals surface area (Å²) in [6.07, 6.45) is 2.11. The Balaban J connectivity index is 2.33. The SMILES string of the molecule is CCc1ccc(C(Cl)c2ccc(C)o2)cc1CC. The maximum absolute atomic E-state index is 6.48. The van der Waals surface area contributed by atoms with Gasteiger partial charge in [0, 0.05) is 0 Å². The number of benzene rings is 1. The van der Waals surface area contributed by atoms with Gasteiger partial charge in [-0.25, -0.2) is 0 Å². The van der Waals surface area contributed by atoms with Gasteiger partial charge in [0.1, 0.15) is 16.9 Å². The smallest absolute Gasteiger partial charge is 0.126 e. The molecule has 2 heteroatoms. The van der Waals surface area contributed by atoms with Gasteiger partial charge in [0.2, 0.25) is 0 Å². The van der Waals surface area contributed by atoms with E-state index < -0.39 is 0 Å². The molecule has 1 nitrogen and oxygen atoms in total. The van der Waals surface area contributed by atoms with Crippen LogP contribution >= 0.6 is 11.6 Å². The van der Waals surface area contributed by atoms with Crippen molar-refractivity contribution in [1.29, 1.82) is 0 Å². The molecule has 0 bridgehead atoms. The second-order valence-electron chi connectivity index (χ2n) is 4.55. The molecule has 0 aliphatic carbocycles. The second-order valence-corrected chi connectivity index (χ2v) is 4.98. The zero-order valence-electron chi connectivity index (χ0n) is 11.2. The van der Waals surface area contributed by atoms with Crippen LogP contribution in [0.4, 0.5) is 0 Å². The number of aryl methyl sites for hydroxylation is 3. The maximum Gasteiger partial charge on any atom is 0.126 e. The lowest BCUT2D eigenvalue weighted by molar-refractivity contribution is 0.489. The van der Waals surface area contributed by atoms with Gasteiger partial charge in [0.15, 0.2) is 0 Å². The molecule has 0 N–H and O–H groups in total. The third kappa shape index (κ3) is 2.62. The Morgan fingerprint density at radius 3 is 2.33 bits per heavy atom. The molecule has 1 unspecified atom stereocenters. The number of furan rings is 1. The van der Waals surface area contributed by atoms with Crippen molar-refractivity contribution in [3.05, 3.63) is 58.5 Å². The molecular formula is C16H19ClO. The van der Waals surface area contributed by atoms with Crippen LogP contribution in [0.25, 0.3) is 0 Å². The molecule has 0 fully saturated rings. The molecule has 18 heavy (non-hydrogen) atoms. The molecular weight excluding hydrogens is 244 g/mol. The van der Waals surface area contributed by atoms with E-state index in [0.717, 1.165) is 29.9 Å². The summed E-state index contributed by atoms with van der Waals surface area (Å²) in [4.78, 5) is 0. The van der Waals surface area contributed by atoms with Crippen LogP contribution < -0.4 is 0 Å². The molecule has 2 rings (SSSR count). The van der Waals surface area contributed by atoms with Crippen LogP contribution in [0.1, 0.15) is 47.4 Å². The van der Waals surface area contributed by atoms with Gasteiger partial charge in [-0.05, 0) is 48.6 Å². The lowest BCUT2D eigenvalue weighted by Gasteiger charge is -2.12. The Labute approximate surface area is 114 Å². The lowest BCUT2D eigenvalue weighted by Crippen LogP contribution is -1.97. The average Bonchev–Trinajstić information content (AvgIpc) is 2.83. The summed E-state index contributed by atoms with van der Waals surface area (Å²) in [5, 5.41) is -0.199. The van der Waals surface area contributed by atoms with Gasteiger partial charge in [-0.1, -0.05) is 32.0 Å². The first-order chi connectivity index (χ1) is 8.65. The number of hydrogen-bond acceptors (Lipinski definition) is 1. The van der Waals surface area contributed by atoms with Crippen LogP contribution in [0, 0.1) is 6.92 Å². The van der Waals surface area contributed by atoms with Gasteiger partial charge in [-0.2, -0.15) is 0 Å². The number of alkyl halides is 1. The van der Waals surface area contributed by atoms with Crippen molar-refractivity contribution < 1.29 is 4.42 Å². The molecule has 1 aromatic carbocycles. The Morgan fingerprint density at radius 1 is 1.06 bits per heavy atom. The largest absolute Gasteiger partial charge is 0.464 e. The molecule has 0 saturated heterocycles. The maximum atomic E-state index is 6.48. The van der Waals surface area contributed by atoms with Crippen molar-refractivity contribution in [1.82, 2.24) is 0 Å². The monoisotopic (exact) mass is 262 g/mol. The quantitative estimate of drug-likeness (QED) is 0.704. The molecule has 0 aliphatic heterocycles. The van der Waals surface area contributed by atoms with E-state index in [1.165, 1.54) is 11.1 Å². The van der Waals surface area contributed by atoms with Gasteiger partial charge in [0.25, 0.3) is 0 Å². The highest BCUT2D eigenvalue weighted by molar-refractivity contribution is 6.22. The summed E-state index contributed by atoms with van der Waals surface area (Å²) in [5.41, 5.74) is 3.89. The Bertz CT molecular complexity index is 528. The first-order valence-electron chi connectivity index (χ1n) is 6.47. The fourth-order valence-electron chi connectivity index (χ4n) is 2.23. The van der Waals surface area contributed by atoms with E-state index in [1.807, 2.05) is 19.1 Å². The van der Waals surface area contributed by atoms with E-state index in [0.29, 0.717) is 0 Å². The predicted octanol–water partition coefficient (Wildman–Crippen LogP) is 5.04. The molecule has 0 saturated carbocycles. The van der Waals surface area contributed by atoms with Crippen LogP contribution in [0.15, 0.2) is 34.7 Å². The predicted molar refractivity (Wildman–Crippen MR) is 76.3 cm³/mol. The van der Waals surface area contributed by atoms with Crippen molar-refractivity contribution in [3.8, 4) is 0 Å². The van der Waals surface area contributed by atoms with E-state index in [4.69, 9.17) is 16.0 Å². The van der Waals surface area contributed by atoms with E-state index >= 15 is 0 Å². The van der Waals surface area contributed by atoms with Crippen LogP contribution in [-0.2, 0) is 12.8 Å². The highest BCUT2D eigenvalue weighted by Crippen LogP contribution is 2.31. The normalized spacial score (nSPS) is 12.7. The standard InChI is InChI=1S/C16H19ClO/c1-4-12-7-8-14(10-13(12)5-2)16(17)15-9-6-11(3)18-15/h6-10,16H,4-5H2,1-3H3. The molecule has 2 aromatic rings. The summed E-state index contributed by atoms with van der Waals surface area (Å²) in [6.45, 7) is 6.30. The lowest BCUT2D eigenvalue weighted by atomic mass is 9.98. The van der Waals surface area contributed by atoms with Gasteiger partial charge in [-0.3, -0.25) is 0 Å². The molecule has 96 valence electrons. The second kappa shape index (κ2) is 5.62. The van der Waals surface area contributed by atoms with Crippen LogP contribution in [0.3, 0.4) is 0 Å². The zero-order valence-corrected chi connectivity index (χ0v) is 11.9. The molecule has 0 aliphatic rings. The van der Waals surface area contributed by atoms with E-state index in [1.54, 1.807) is 0 Å². The van der Waals surface area contributed by atoms with Crippen LogP contribution in [0.2, 0.25) is 0 Å². The third-order valence-corrected chi connectivity index (χ3v) is 3.76. The number of halogens is 1. The highest BCUT2D eigenvalue weighted by atomic mass is 35.5. The number of hydrogen-bond donors (Lipinski definition) is 0. The number of rotatable bonds is 4. The van der Waals surface area contributed by atoms with Crippen LogP contribution in [-0.4, -0.2) is 0 Å². The minimum Gasteiger partial charge on any atom is -0.464 e. The Hall–Kier alpha value is -1.21. The molecule has 0 spiro atoms. The van der Waals surface area contributed by atoms with Gasteiger partial charge in [0.05, 0.1) is 0 Å². The van der Waals surface area contributed by atoms with Crippen molar-refractivity contribution in [3.63, 3.8) is 0 Å². The molecule has 1 aromatic heterocycles. The first kappa shape index (κ1) is 13.2. The minimum atomic E-state index is -0.199. The van der Waals surface area contributed by atoms with E-state index in [2.05, 4.69) is 32.0 Å². The summed E-state index contributed by atoms with van der Waals surface area (Å²) in [6, 6.07) is 10.4. The topological polar surface area (TPSA) is 13.1 Å². The first-order valence-corrected chi connectivity index (χ1v) is 6.91.